The summed E-state index contributed by atoms with van der Waals surface area (Å²) in [5, 5.41) is 0. The van der Waals surface area contributed by atoms with Crippen molar-refractivity contribution in [2.75, 3.05) is 39.3 Å². The highest BCUT2D eigenvalue weighted by molar-refractivity contribution is 5.79. The fourth-order valence-corrected chi connectivity index (χ4v) is 2.46. The molecule has 0 radical (unpaired) electrons. The molecule has 5 nitrogen and oxygen atoms in total. The molecule has 1 aromatic carbocycles. The standard InChI is InChI=1S/C16H21FN2O3/c1-2-22-16(21)12-18-7-9-19(10-8-18)15(20)11-13-5-3-4-6-14(13)17/h3-6H,2,7-12H2,1H3. The number of benzene rings is 1. The Labute approximate surface area is 129 Å². The zero-order valence-electron chi connectivity index (χ0n) is 12.8. The number of carbonyl (C=O) groups is 2. The summed E-state index contributed by atoms with van der Waals surface area (Å²) in [6.45, 7) is 4.75. The molecule has 2 rings (SSSR count). The van der Waals surface area contributed by atoms with Crippen molar-refractivity contribution in [1.29, 1.82) is 0 Å². The van der Waals surface area contributed by atoms with E-state index < -0.39 is 0 Å². The average Bonchev–Trinajstić information content (AvgIpc) is 2.50. The minimum absolute atomic E-state index is 0.0740. The number of esters is 1. The summed E-state index contributed by atoms with van der Waals surface area (Å²) in [7, 11) is 0. The van der Waals surface area contributed by atoms with E-state index in [1.54, 1.807) is 30.0 Å². The molecule has 0 atom stereocenters. The molecule has 1 aliphatic rings. The van der Waals surface area contributed by atoms with Gasteiger partial charge in [-0.1, -0.05) is 18.2 Å². The van der Waals surface area contributed by atoms with Crippen LogP contribution in [-0.4, -0.2) is 61.0 Å². The Bertz CT molecular complexity index is 528. The first kappa shape index (κ1) is 16.4. The Hall–Kier alpha value is -1.95. The Balaban J connectivity index is 1.80. The van der Waals surface area contributed by atoms with E-state index in [-0.39, 0.29) is 30.7 Å². The highest BCUT2D eigenvalue weighted by Gasteiger charge is 2.23. The second-order valence-corrected chi connectivity index (χ2v) is 5.23. The lowest BCUT2D eigenvalue weighted by Crippen LogP contribution is -2.50. The lowest BCUT2D eigenvalue weighted by Gasteiger charge is -2.34. The van der Waals surface area contributed by atoms with Gasteiger partial charge in [0.1, 0.15) is 5.82 Å². The van der Waals surface area contributed by atoms with Crippen LogP contribution in [0.15, 0.2) is 24.3 Å². The van der Waals surface area contributed by atoms with Gasteiger partial charge in [-0.25, -0.2) is 4.39 Å². The molecular weight excluding hydrogens is 287 g/mol. The second kappa shape index (κ2) is 7.89. The van der Waals surface area contributed by atoms with Crippen LogP contribution in [-0.2, 0) is 20.7 Å². The van der Waals surface area contributed by atoms with E-state index in [9.17, 15) is 14.0 Å². The summed E-state index contributed by atoms with van der Waals surface area (Å²) in [5.74, 6) is -0.675. The molecule has 1 saturated heterocycles. The maximum atomic E-state index is 13.6. The number of piperazine rings is 1. The Morgan fingerprint density at radius 3 is 2.50 bits per heavy atom. The van der Waals surface area contributed by atoms with Gasteiger partial charge in [0.2, 0.25) is 5.91 Å². The number of hydrogen-bond acceptors (Lipinski definition) is 4. The van der Waals surface area contributed by atoms with Gasteiger partial charge in [0.15, 0.2) is 0 Å². The summed E-state index contributed by atoms with van der Waals surface area (Å²) in [5.41, 5.74) is 0.418. The first-order valence-corrected chi connectivity index (χ1v) is 7.49. The molecule has 6 heteroatoms. The van der Waals surface area contributed by atoms with Crippen LogP contribution in [0.1, 0.15) is 12.5 Å². The molecule has 1 fully saturated rings. The van der Waals surface area contributed by atoms with E-state index in [4.69, 9.17) is 4.74 Å². The molecular formula is C16H21FN2O3. The van der Waals surface area contributed by atoms with Crippen molar-refractivity contribution in [3.8, 4) is 0 Å². The third kappa shape index (κ3) is 4.53. The molecule has 0 unspecified atom stereocenters. The molecule has 120 valence electrons. The second-order valence-electron chi connectivity index (χ2n) is 5.23. The fourth-order valence-electron chi connectivity index (χ4n) is 2.46. The highest BCUT2D eigenvalue weighted by atomic mass is 19.1. The summed E-state index contributed by atoms with van der Waals surface area (Å²) in [4.78, 5) is 27.3. The monoisotopic (exact) mass is 308 g/mol. The van der Waals surface area contributed by atoms with Gasteiger partial charge >= 0.3 is 5.97 Å². The van der Waals surface area contributed by atoms with Crippen LogP contribution in [0, 0.1) is 5.82 Å². The highest BCUT2D eigenvalue weighted by Crippen LogP contribution is 2.10. The summed E-state index contributed by atoms with van der Waals surface area (Å²) in [6.07, 6.45) is 0.0740. The normalized spacial score (nSPS) is 15.6. The van der Waals surface area contributed by atoms with Crippen LogP contribution in [0.4, 0.5) is 4.39 Å². The predicted molar refractivity (Wildman–Crippen MR) is 79.8 cm³/mol. The van der Waals surface area contributed by atoms with Gasteiger partial charge in [0.25, 0.3) is 0 Å². The van der Waals surface area contributed by atoms with Crippen molar-refractivity contribution in [1.82, 2.24) is 9.80 Å². The van der Waals surface area contributed by atoms with Crippen molar-refractivity contribution in [2.24, 2.45) is 0 Å². The van der Waals surface area contributed by atoms with Crippen LogP contribution in [0.5, 0.6) is 0 Å². The van der Waals surface area contributed by atoms with E-state index in [1.165, 1.54) is 6.07 Å². The number of amides is 1. The van der Waals surface area contributed by atoms with Crippen LogP contribution < -0.4 is 0 Å². The van der Waals surface area contributed by atoms with Gasteiger partial charge in [-0.3, -0.25) is 14.5 Å². The number of ether oxygens (including phenoxy) is 1. The van der Waals surface area contributed by atoms with Crippen molar-refractivity contribution in [2.45, 2.75) is 13.3 Å². The van der Waals surface area contributed by atoms with E-state index in [2.05, 4.69) is 0 Å². The summed E-state index contributed by atoms with van der Waals surface area (Å²) < 4.78 is 18.5. The minimum Gasteiger partial charge on any atom is -0.465 e. The molecule has 0 aromatic heterocycles. The molecule has 1 heterocycles. The third-order valence-electron chi connectivity index (χ3n) is 3.68. The third-order valence-corrected chi connectivity index (χ3v) is 3.68. The Morgan fingerprint density at radius 2 is 1.86 bits per heavy atom. The zero-order chi connectivity index (χ0) is 15.9. The fraction of sp³-hybridized carbons (Fsp3) is 0.500. The molecule has 0 bridgehead atoms. The van der Waals surface area contributed by atoms with Crippen LogP contribution >= 0.6 is 0 Å². The molecule has 1 amide bonds. The first-order chi connectivity index (χ1) is 10.6. The SMILES string of the molecule is CCOC(=O)CN1CCN(C(=O)Cc2ccccc2F)CC1. The number of nitrogens with zero attached hydrogens (tertiary/aromatic N) is 2. The van der Waals surface area contributed by atoms with E-state index in [0.717, 1.165) is 0 Å². The predicted octanol–water partition coefficient (Wildman–Crippen LogP) is 1.08. The molecule has 0 aliphatic carbocycles. The van der Waals surface area contributed by atoms with Crippen molar-refractivity contribution in [3.63, 3.8) is 0 Å². The van der Waals surface area contributed by atoms with Gasteiger partial charge in [0.05, 0.1) is 19.6 Å². The summed E-state index contributed by atoms with van der Waals surface area (Å²) in [6, 6.07) is 6.32. The van der Waals surface area contributed by atoms with Gasteiger partial charge in [-0.05, 0) is 18.6 Å². The van der Waals surface area contributed by atoms with Crippen LogP contribution in [0.2, 0.25) is 0 Å². The maximum Gasteiger partial charge on any atom is 0.320 e. The van der Waals surface area contributed by atoms with Gasteiger partial charge < -0.3 is 9.64 Å². The number of halogens is 1. The van der Waals surface area contributed by atoms with E-state index >= 15 is 0 Å². The van der Waals surface area contributed by atoms with Gasteiger partial charge in [0, 0.05) is 26.2 Å². The largest absolute Gasteiger partial charge is 0.465 e. The summed E-state index contributed by atoms with van der Waals surface area (Å²) >= 11 is 0. The Kier molecular flexibility index (Phi) is 5.89. The Morgan fingerprint density at radius 1 is 1.18 bits per heavy atom. The smallest absolute Gasteiger partial charge is 0.320 e. The van der Waals surface area contributed by atoms with Gasteiger partial charge in [-0.15, -0.1) is 0 Å². The molecule has 0 N–H and O–H groups in total. The number of rotatable bonds is 5. The van der Waals surface area contributed by atoms with E-state index in [1.807, 2.05) is 4.90 Å². The van der Waals surface area contributed by atoms with Crippen molar-refractivity contribution >= 4 is 11.9 Å². The lowest BCUT2D eigenvalue weighted by atomic mass is 10.1. The maximum absolute atomic E-state index is 13.6. The average molecular weight is 308 g/mol. The topological polar surface area (TPSA) is 49.9 Å². The molecule has 1 aliphatic heterocycles. The first-order valence-electron chi connectivity index (χ1n) is 7.49. The van der Waals surface area contributed by atoms with Crippen LogP contribution in [0.3, 0.4) is 0 Å². The molecule has 0 spiro atoms. The molecule has 1 aromatic rings. The van der Waals surface area contributed by atoms with Gasteiger partial charge in [-0.2, -0.15) is 0 Å². The number of hydrogen-bond donors (Lipinski definition) is 0. The van der Waals surface area contributed by atoms with Crippen molar-refractivity contribution in [3.05, 3.63) is 35.6 Å². The molecule has 22 heavy (non-hydrogen) atoms. The molecule has 0 saturated carbocycles. The zero-order valence-corrected chi connectivity index (χ0v) is 12.8. The van der Waals surface area contributed by atoms with E-state index in [0.29, 0.717) is 38.3 Å². The lowest BCUT2D eigenvalue weighted by molar-refractivity contribution is -0.145. The van der Waals surface area contributed by atoms with Crippen molar-refractivity contribution < 1.29 is 18.7 Å². The minimum atomic E-state index is -0.350. The quantitative estimate of drug-likeness (QED) is 0.764. The number of carbonyl (C=O) groups excluding carboxylic acids is 2. The van der Waals surface area contributed by atoms with Crippen LogP contribution in [0.25, 0.3) is 0 Å².